The quantitative estimate of drug-likeness (QED) is 0.254. The number of thioether (sulfide) groups is 1. The second kappa shape index (κ2) is 10.1. The molecule has 190 valence electrons. The van der Waals surface area contributed by atoms with Crippen LogP contribution < -0.4 is 0 Å². The molecule has 0 spiro atoms. The fourth-order valence-corrected chi connectivity index (χ4v) is 5.40. The van der Waals surface area contributed by atoms with Crippen LogP contribution in [0, 0.1) is 0 Å². The van der Waals surface area contributed by atoms with Gasteiger partial charge in [0.1, 0.15) is 5.82 Å². The third-order valence-corrected chi connectivity index (χ3v) is 7.47. The molecule has 0 N–H and O–H groups in total. The van der Waals surface area contributed by atoms with Gasteiger partial charge in [-0.05, 0) is 60.6 Å². The molecule has 5 rings (SSSR count). The molecule has 1 atom stereocenters. The fraction of sp³-hybridized carbons (Fsp3) is 0.241. The molecule has 1 aliphatic rings. The van der Waals surface area contributed by atoms with Gasteiger partial charge in [0.2, 0.25) is 5.91 Å². The van der Waals surface area contributed by atoms with Gasteiger partial charge in [-0.3, -0.25) is 9.36 Å². The van der Waals surface area contributed by atoms with Gasteiger partial charge in [0.25, 0.3) is 0 Å². The number of alkyl halides is 3. The molecule has 0 radical (unpaired) electrons. The lowest BCUT2D eigenvalue weighted by atomic mass is 10.0. The number of aromatic nitrogens is 2. The van der Waals surface area contributed by atoms with Crippen molar-refractivity contribution < 1.29 is 18.0 Å². The number of nitrogens with zero attached hydrogens (tertiary/aromatic N) is 3. The normalized spacial score (nSPS) is 15.8. The van der Waals surface area contributed by atoms with Crippen LogP contribution in [0.25, 0.3) is 28.2 Å². The van der Waals surface area contributed by atoms with E-state index in [2.05, 4.69) is 6.07 Å². The van der Waals surface area contributed by atoms with E-state index in [1.807, 2.05) is 48.7 Å². The Labute approximate surface area is 218 Å². The summed E-state index contributed by atoms with van der Waals surface area (Å²) in [6.07, 6.45) is 0.823. The van der Waals surface area contributed by atoms with E-state index >= 15 is 0 Å². The maximum absolute atomic E-state index is 14.0. The number of imidazole rings is 1. The minimum absolute atomic E-state index is 0.00497. The highest BCUT2D eigenvalue weighted by atomic mass is 32.2. The van der Waals surface area contributed by atoms with Gasteiger partial charge in [-0.25, -0.2) is 4.98 Å². The van der Waals surface area contributed by atoms with E-state index in [1.54, 1.807) is 33.5 Å². The molecule has 1 aliphatic heterocycles. The van der Waals surface area contributed by atoms with Crippen molar-refractivity contribution in [3.63, 3.8) is 0 Å². The fourth-order valence-electron chi connectivity index (χ4n) is 4.94. The summed E-state index contributed by atoms with van der Waals surface area (Å²) in [6.45, 7) is 2.13. The number of amides is 1. The molecule has 4 aromatic rings. The van der Waals surface area contributed by atoms with Crippen molar-refractivity contribution in [2.45, 2.75) is 36.9 Å². The van der Waals surface area contributed by atoms with Crippen molar-refractivity contribution >= 4 is 17.7 Å². The summed E-state index contributed by atoms with van der Waals surface area (Å²) in [5.74, 6) is 0.140. The molecule has 1 saturated heterocycles. The number of carbonyl (C=O) groups is 1. The van der Waals surface area contributed by atoms with Crippen LogP contribution >= 0.6 is 11.8 Å². The number of rotatable bonds is 5. The molecule has 1 unspecified atom stereocenters. The van der Waals surface area contributed by atoms with Crippen molar-refractivity contribution in [1.29, 1.82) is 0 Å². The third kappa shape index (κ3) is 5.03. The first-order valence-corrected chi connectivity index (χ1v) is 13.3. The van der Waals surface area contributed by atoms with Crippen LogP contribution in [0.4, 0.5) is 13.2 Å². The zero-order valence-electron chi connectivity index (χ0n) is 20.5. The minimum atomic E-state index is -4.53. The van der Waals surface area contributed by atoms with E-state index in [9.17, 15) is 18.0 Å². The Morgan fingerprint density at radius 1 is 1.00 bits per heavy atom. The van der Waals surface area contributed by atoms with Crippen LogP contribution in [0.2, 0.25) is 0 Å². The van der Waals surface area contributed by atoms with Crippen LogP contribution in [0.3, 0.4) is 0 Å². The zero-order valence-corrected chi connectivity index (χ0v) is 21.3. The maximum Gasteiger partial charge on any atom is 0.417 e. The summed E-state index contributed by atoms with van der Waals surface area (Å²) in [4.78, 5) is 19.8. The Kier molecular flexibility index (Phi) is 6.86. The van der Waals surface area contributed by atoms with Gasteiger partial charge >= 0.3 is 6.18 Å². The average Bonchev–Trinajstić information content (AvgIpc) is 3.56. The zero-order chi connectivity index (χ0) is 26.2. The lowest BCUT2D eigenvalue weighted by Crippen LogP contribution is -2.28. The molecule has 0 aliphatic carbocycles. The Hall–Kier alpha value is -3.52. The summed E-state index contributed by atoms with van der Waals surface area (Å²) in [6, 6.07) is 21.1. The van der Waals surface area contributed by atoms with Crippen molar-refractivity contribution in [2.75, 3.05) is 12.8 Å². The molecule has 0 saturated carbocycles. The molecule has 1 fully saturated rings. The number of hydrogen-bond donors (Lipinski definition) is 0. The van der Waals surface area contributed by atoms with Crippen molar-refractivity contribution in [3.05, 3.63) is 90.3 Å². The molecule has 0 bridgehead atoms. The smallest absolute Gasteiger partial charge is 0.334 e. The van der Waals surface area contributed by atoms with E-state index < -0.39 is 11.7 Å². The van der Waals surface area contributed by atoms with E-state index in [-0.39, 0.29) is 23.3 Å². The van der Waals surface area contributed by atoms with Gasteiger partial charge in [-0.1, -0.05) is 42.5 Å². The van der Waals surface area contributed by atoms with E-state index in [0.717, 1.165) is 34.9 Å². The van der Waals surface area contributed by atoms with Crippen LogP contribution in [0.1, 0.15) is 37.1 Å². The summed E-state index contributed by atoms with van der Waals surface area (Å²) in [7, 11) is 0. The Bertz CT molecular complexity index is 1430. The van der Waals surface area contributed by atoms with Crippen molar-refractivity contribution in [1.82, 2.24) is 14.5 Å². The first kappa shape index (κ1) is 25.1. The molecule has 3 aromatic carbocycles. The first-order chi connectivity index (χ1) is 17.8. The van der Waals surface area contributed by atoms with Gasteiger partial charge in [0, 0.05) is 35.8 Å². The second-order valence-corrected chi connectivity index (χ2v) is 9.93. The highest BCUT2D eigenvalue weighted by molar-refractivity contribution is 7.98. The predicted molar refractivity (Wildman–Crippen MR) is 141 cm³/mol. The predicted octanol–water partition coefficient (Wildman–Crippen LogP) is 7.63. The Morgan fingerprint density at radius 2 is 1.76 bits per heavy atom. The van der Waals surface area contributed by atoms with Gasteiger partial charge < -0.3 is 4.90 Å². The largest absolute Gasteiger partial charge is 0.417 e. The summed E-state index contributed by atoms with van der Waals surface area (Å²) in [5.41, 5.74) is 2.63. The summed E-state index contributed by atoms with van der Waals surface area (Å²) >= 11 is 1.67. The topological polar surface area (TPSA) is 38.1 Å². The molecule has 8 heteroatoms. The first-order valence-electron chi connectivity index (χ1n) is 12.0. The van der Waals surface area contributed by atoms with Gasteiger partial charge in [-0.15, -0.1) is 11.8 Å². The van der Waals surface area contributed by atoms with Crippen molar-refractivity contribution in [2.24, 2.45) is 0 Å². The van der Waals surface area contributed by atoms with E-state index in [4.69, 9.17) is 4.98 Å². The van der Waals surface area contributed by atoms with Gasteiger partial charge in [0.15, 0.2) is 0 Å². The average molecular weight is 522 g/mol. The highest BCUT2D eigenvalue weighted by Crippen LogP contribution is 2.39. The van der Waals surface area contributed by atoms with Crippen molar-refractivity contribution in [3.8, 4) is 28.2 Å². The molecule has 2 heterocycles. The highest BCUT2D eigenvalue weighted by Gasteiger charge is 2.36. The SMILES string of the molecule is CSc1cccc(-c2ccc(-n3cc(C4CCCN4C(C)=O)nc3-c3ccccc3C(F)(F)F)cc2)c1. The third-order valence-electron chi connectivity index (χ3n) is 6.75. The number of likely N-dealkylation sites (tertiary alicyclic amines) is 1. The number of carbonyl (C=O) groups excluding carboxylic acids is 1. The molecular formula is C29H26F3N3OS. The minimum Gasteiger partial charge on any atom is -0.334 e. The number of hydrogen-bond acceptors (Lipinski definition) is 3. The standard InChI is InChI=1S/C29H26F3N3OS/c1-19(36)34-16-6-11-27(34)26-18-35(28(33-26)24-9-3-4-10-25(24)29(30,31)32)22-14-12-20(13-15-22)21-7-5-8-23(17-21)37-2/h3-5,7-10,12-15,17-18,27H,6,11,16H2,1-2H3. The summed E-state index contributed by atoms with van der Waals surface area (Å²) in [5, 5.41) is 0. The summed E-state index contributed by atoms with van der Waals surface area (Å²) < 4.78 is 43.6. The van der Waals surface area contributed by atoms with Gasteiger partial charge in [-0.2, -0.15) is 13.2 Å². The van der Waals surface area contributed by atoms with E-state index in [0.29, 0.717) is 17.9 Å². The molecular weight excluding hydrogens is 495 g/mol. The Balaban J connectivity index is 1.62. The van der Waals surface area contributed by atoms with Crippen LogP contribution in [-0.2, 0) is 11.0 Å². The van der Waals surface area contributed by atoms with Crippen LogP contribution in [0.5, 0.6) is 0 Å². The van der Waals surface area contributed by atoms with Crippen LogP contribution in [0.15, 0.2) is 83.9 Å². The lowest BCUT2D eigenvalue weighted by molar-refractivity contribution is -0.137. The lowest BCUT2D eigenvalue weighted by Gasteiger charge is -2.21. The maximum atomic E-state index is 14.0. The molecule has 4 nitrogen and oxygen atoms in total. The second-order valence-electron chi connectivity index (χ2n) is 9.05. The van der Waals surface area contributed by atoms with Crippen LogP contribution in [-0.4, -0.2) is 33.2 Å². The number of benzene rings is 3. The number of halogens is 3. The monoisotopic (exact) mass is 521 g/mol. The molecule has 1 aromatic heterocycles. The Morgan fingerprint density at radius 3 is 2.46 bits per heavy atom. The van der Waals surface area contributed by atoms with E-state index in [1.165, 1.54) is 19.1 Å². The van der Waals surface area contributed by atoms with Gasteiger partial charge in [0.05, 0.1) is 17.3 Å². The molecule has 1 amide bonds. The molecule has 37 heavy (non-hydrogen) atoms.